The summed E-state index contributed by atoms with van der Waals surface area (Å²) in [4.78, 5) is 12.5. The first-order chi connectivity index (χ1) is 10.4. The molecule has 1 heterocycles. The topological polar surface area (TPSA) is 65.0 Å². The molecular weight excluding hydrogens is 284 g/mol. The van der Waals surface area contributed by atoms with Crippen molar-refractivity contribution in [1.29, 1.82) is 0 Å². The largest absolute Gasteiger partial charge is 0.465 e. The number of carbonyl (C=O) groups excluding carboxylic acids is 1. The number of aliphatic hydroxyl groups is 1. The third-order valence-electron chi connectivity index (χ3n) is 6.09. The summed E-state index contributed by atoms with van der Waals surface area (Å²) in [5.74, 6) is -0.771. The van der Waals surface area contributed by atoms with Gasteiger partial charge in [-0.05, 0) is 24.2 Å². The Morgan fingerprint density at radius 3 is 2.64 bits per heavy atom. The van der Waals surface area contributed by atoms with Crippen molar-refractivity contribution < 1.29 is 24.1 Å². The molecular formula is C17H26O5. The van der Waals surface area contributed by atoms with Crippen LogP contribution in [0.15, 0.2) is 12.2 Å². The molecule has 5 atom stereocenters. The second kappa shape index (κ2) is 5.32. The van der Waals surface area contributed by atoms with Gasteiger partial charge in [0, 0.05) is 20.1 Å². The van der Waals surface area contributed by atoms with E-state index in [1.54, 1.807) is 14.2 Å². The summed E-state index contributed by atoms with van der Waals surface area (Å²) in [7, 11) is 3.14. The molecule has 1 spiro atoms. The van der Waals surface area contributed by atoms with Crippen molar-refractivity contribution in [1.82, 2.24) is 0 Å². The first kappa shape index (κ1) is 16.0. The molecule has 3 rings (SSSR count). The van der Waals surface area contributed by atoms with Crippen LogP contribution in [0, 0.1) is 28.6 Å². The second-order valence-corrected chi connectivity index (χ2v) is 7.52. The predicted molar refractivity (Wildman–Crippen MR) is 79.8 cm³/mol. The molecule has 0 bridgehead atoms. The summed E-state index contributed by atoms with van der Waals surface area (Å²) in [5, 5.41) is 10.8. The van der Waals surface area contributed by atoms with E-state index in [1.807, 2.05) is 6.08 Å². The maximum absolute atomic E-state index is 12.5. The van der Waals surface area contributed by atoms with E-state index in [4.69, 9.17) is 14.2 Å². The zero-order valence-corrected chi connectivity index (χ0v) is 13.7. The molecule has 0 aromatic rings. The van der Waals surface area contributed by atoms with Gasteiger partial charge in [0.05, 0.1) is 17.4 Å². The third-order valence-corrected chi connectivity index (χ3v) is 6.09. The molecule has 0 unspecified atom stereocenters. The number of cyclic esters (lactones) is 1. The van der Waals surface area contributed by atoms with Gasteiger partial charge in [-0.1, -0.05) is 26.0 Å². The van der Waals surface area contributed by atoms with Crippen LogP contribution in [0.5, 0.6) is 0 Å². The summed E-state index contributed by atoms with van der Waals surface area (Å²) in [5.41, 5.74) is -0.532. The maximum atomic E-state index is 12.5. The van der Waals surface area contributed by atoms with Crippen molar-refractivity contribution in [2.75, 3.05) is 20.8 Å². The lowest BCUT2D eigenvalue weighted by molar-refractivity contribution is -0.181. The summed E-state index contributed by atoms with van der Waals surface area (Å²) in [6.07, 6.45) is 4.76. The Kier molecular flexibility index (Phi) is 3.86. The Morgan fingerprint density at radius 1 is 1.32 bits per heavy atom. The van der Waals surface area contributed by atoms with Crippen molar-refractivity contribution in [2.24, 2.45) is 28.6 Å². The van der Waals surface area contributed by atoms with Crippen LogP contribution in [0.1, 0.15) is 26.7 Å². The highest BCUT2D eigenvalue weighted by molar-refractivity contribution is 5.77. The van der Waals surface area contributed by atoms with Gasteiger partial charge in [-0.15, -0.1) is 0 Å². The molecule has 0 amide bonds. The molecule has 1 N–H and O–H groups in total. The minimum Gasteiger partial charge on any atom is -0.465 e. The monoisotopic (exact) mass is 310 g/mol. The van der Waals surface area contributed by atoms with Crippen LogP contribution in [-0.4, -0.2) is 44.3 Å². The number of rotatable bonds is 3. The molecule has 0 radical (unpaired) electrons. The van der Waals surface area contributed by atoms with Crippen molar-refractivity contribution in [2.45, 2.75) is 39.1 Å². The molecule has 0 aromatic carbocycles. The summed E-state index contributed by atoms with van der Waals surface area (Å²) >= 11 is 0. The molecule has 0 aromatic heterocycles. The minimum absolute atomic E-state index is 0.0303. The van der Waals surface area contributed by atoms with E-state index in [-0.39, 0.29) is 29.8 Å². The van der Waals surface area contributed by atoms with Gasteiger partial charge in [0.1, 0.15) is 6.61 Å². The van der Waals surface area contributed by atoms with E-state index < -0.39 is 23.7 Å². The van der Waals surface area contributed by atoms with Crippen LogP contribution in [0.25, 0.3) is 0 Å². The number of esters is 1. The molecule has 22 heavy (non-hydrogen) atoms. The Labute approximate surface area is 131 Å². The smallest absolute Gasteiger partial charge is 0.310 e. The molecule has 5 nitrogen and oxygen atoms in total. The fraction of sp³-hybridized carbons (Fsp3) is 0.824. The van der Waals surface area contributed by atoms with Gasteiger partial charge in [0.15, 0.2) is 6.29 Å². The third kappa shape index (κ3) is 1.99. The maximum Gasteiger partial charge on any atom is 0.310 e. The Balaban J connectivity index is 2.10. The van der Waals surface area contributed by atoms with Gasteiger partial charge in [0.2, 0.25) is 0 Å². The van der Waals surface area contributed by atoms with Crippen LogP contribution < -0.4 is 0 Å². The zero-order chi connectivity index (χ0) is 16.1. The molecule has 5 heteroatoms. The van der Waals surface area contributed by atoms with E-state index in [0.29, 0.717) is 6.42 Å². The molecule has 2 aliphatic carbocycles. The predicted octanol–water partition coefficient (Wildman–Crippen LogP) is 1.75. The first-order valence-corrected chi connectivity index (χ1v) is 7.97. The number of aliphatic hydroxyl groups excluding tert-OH is 1. The molecule has 124 valence electrons. The number of allylic oxidation sites excluding steroid dienone is 1. The number of ether oxygens (including phenoxy) is 3. The van der Waals surface area contributed by atoms with Gasteiger partial charge in [0.25, 0.3) is 0 Å². The first-order valence-electron chi connectivity index (χ1n) is 7.97. The highest BCUT2D eigenvalue weighted by Gasteiger charge is 2.67. The fourth-order valence-electron chi connectivity index (χ4n) is 5.01. The zero-order valence-electron chi connectivity index (χ0n) is 13.7. The quantitative estimate of drug-likeness (QED) is 0.489. The number of hydrogen-bond acceptors (Lipinski definition) is 5. The molecule has 3 aliphatic rings. The SMILES string of the molecule is COC(OC)[C@@H]1C=C[C@@H]2C(C)(C)CC[C@H](O)[C@]23COC(=O)[C@H]13. The highest BCUT2D eigenvalue weighted by Crippen LogP contribution is 2.62. The standard InChI is InChI=1S/C17H26O5/c1-16(2)8-7-12(18)17-9-22-14(19)13(17)10(5-6-11(16)17)15(20-3)21-4/h5-6,10-13,15,18H,7-9H2,1-4H3/t10-,11-,12+,13+,17+/m1/s1. The summed E-state index contributed by atoms with van der Waals surface area (Å²) in [6.45, 7) is 4.70. The average Bonchev–Trinajstić information content (AvgIpc) is 2.84. The van der Waals surface area contributed by atoms with Crippen LogP contribution in [0.4, 0.5) is 0 Å². The van der Waals surface area contributed by atoms with Crippen molar-refractivity contribution in [3.8, 4) is 0 Å². The number of hydrogen-bond donors (Lipinski definition) is 1. The Morgan fingerprint density at radius 2 is 2.00 bits per heavy atom. The van der Waals surface area contributed by atoms with E-state index in [9.17, 15) is 9.90 Å². The Bertz CT molecular complexity index is 481. The van der Waals surface area contributed by atoms with Gasteiger partial charge in [-0.3, -0.25) is 4.79 Å². The molecule has 1 saturated carbocycles. The van der Waals surface area contributed by atoms with Gasteiger partial charge >= 0.3 is 5.97 Å². The minimum atomic E-state index is -0.562. The van der Waals surface area contributed by atoms with Crippen molar-refractivity contribution in [3.05, 3.63) is 12.2 Å². The lowest BCUT2D eigenvalue weighted by Crippen LogP contribution is -2.59. The second-order valence-electron chi connectivity index (χ2n) is 7.52. The van der Waals surface area contributed by atoms with Crippen molar-refractivity contribution >= 4 is 5.97 Å². The van der Waals surface area contributed by atoms with Crippen LogP contribution in [0.2, 0.25) is 0 Å². The Hall–Kier alpha value is -0.910. The lowest BCUT2D eigenvalue weighted by Gasteiger charge is -2.56. The molecule has 2 fully saturated rings. The normalized spacial score (nSPS) is 42.9. The van der Waals surface area contributed by atoms with Crippen molar-refractivity contribution in [3.63, 3.8) is 0 Å². The van der Waals surface area contributed by atoms with Crippen LogP contribution >= 0.6 is 0 Å². The van der Waals surface area contributed by atoms with E-state index in [2.05, 4.69) is 19.9 Å². The average molecular weight is 310 g/mol. The molecule has 1 saturated heterocycles. The lowest BCUT2D eigenvalue weighted by atomic mass is 9.47. The van der Waals surface area contributed by atoms with E-state index in [1.165, 1.54) is 0 Å². The fourth-order valence-corrected chi connectivity index (χ4v) is 5.01. The molecule has 1 aliphatic heterocycles. The summed E-state index contributed by atoms with van der Waals surface area (Å²) < 4.78 is 16.2. The highest BCUT2D eigenvalue weighted by atomic mass is 16.7. The van der Waals surface area contributed by atoms with Gasteiger partial charge in [-0.2, -0.15) is 0 Å². The van der Waals surface area contributed by atoms with E-state index in [0.717, 1.165) is 6.42 Å². The number of carbonyl (C=O) groups is 1. The van der Waals surface area contributed by atoms with Gasteiger partial charge in [-0.25, -0.2) is 0 Å². The number of methoxy groups -OCH3 is 2. The van der Waals surface area contributed by atoms with E-state index >= 15 is 0 Å². The van der Waals surface area contributed by atoms with Crippen LogP contribution in [0.3, 0.4) is 0 Å². The van der Waals surface area contributed by atoms with Crippen LogP contribution in [-0.2, 0) is 19.0 Å². The van der Waals surface area contributed by atoms with Gasteiger partial charge < -0.3 is 19.3 Å². The summed E-state index contributed by atoms with van der Waals surface area (Å²) in [6, 6.07) is 0.